The average molecular weight is 271 g/mol. The highest BCUT2D eigenvalue weighted by atomic mass is 35.5. The van der Waals surface area contributed by atoms with Crippen molar-refractivity contribution in [2.45, 2.75) is 0 Å². The molecule has 2 aromatic heterocycles. The van der Waals surface area contributed by atoms with E-state index in [9.17, 15) is 0 Å². The highest BCUT2D eigenvalue weighted by molar-refractivity contribution is 6.37. The molecule has 2 rings (SSSR count). The Hall–Kier alpha value is -1.59. The van der Waals surface area contributed by atoms with Crippen LogP contribution >= 0.6 is 23.2 Å². The summed E-state index contributed by atoms with van der Waals surface area (Å²) in [6.45, 7) is 0. The molecule has 0 aliphatic heterocycles. The standard InChI is InChI=1S/C10H8Cl2N4O/c1-17-10-14-3-5(4-15-10)8-6(11)2-7(12)9(13)16-8/h2-4H,1H3,(H2,13,16). The van der Waals surface area contributed by atoms with E-state index in [1.807, 2.05) is 0 Å². The number of anilines is 1. The molecule has 2 heterocycles. The quantitative estimate of drug-likeness (QED) is 0.907. The summed E-state index contributed by atoms with van der Waals surface area (Å²) in [6, 6.07) is 1.80. The topological polar surface area (TPSA) is 73.9 Å². The lowest BCUT2D eigenvalue weighted by Crippen LogP contribution is -1.96. The van der Waals surface area contributed by atoms with E-state index in [4.69, 9.17) is 33.7 Å². The summed E-state index contributed by atoms with van der Waals surface area (Å²) in [6.07, 6.45) is 3.10. The molecule has 7 heteroatoms. The number of hydrogen-bond acceptors (Lipinski definition) is 5. The third-order valence-corrected chi connectivity index (χ3v) is 2.63. The molecule has 0 saturated carbocycles. The fraction of sp³-hybridized carbons (Fsp3) is 0.100. The molecule has 88 valence electrons. The van der Waals surface area contributed by atoms with Gasteiger partial charge in [-0.25, -0.2) is 15.0 Å². The molecule has 0 atom stereocenters. The zero-order valence-electron chi connectivity index (χ0n) is 8.82. The van der Waals surface area contributed by atoms with Crippen molar-refractivity contribution < 1.29 is 4.74 Å². The highest BCUT2D eigenvalue weighted by Crippen LogP contribution is 2.30. The van der Waals surface area contributed by atoms with Gasteiger partial charge in [-0.3, -0.25) is 0 Å². The number of hydrogen-bond donors (Lipinski definition) is 1. The van der Waals surface area contributed by atoms with Crippen LogP contribution < -0.4 is 10.5 Å². The molecule has 2 N–H and O–H groups in total. The number of ether oxygens (including phenoxy) is 1. The SMILES string of the molecule is COc1ncc(-c2nc(N)c(Cl)cc2Cl)cn1. The first-order chi connectivity index (χ1) is 8.11. The van der Waals surface area contributed by atoms with E-state index >= 15 is 0 Å². The number of nitrogens with zero attached hydrogens (tertiary/aromatic N) is 3. The zero-order chi connectivity index (χ0) is 12.4. The van der Waals surface area contributed by atoms with E-state index in [1.54, 1.807) is 12.4 Å². The number of methoxy groups -OCH3 is 1. The molecule has 0 aliphatic carbocycles. The molecule has 0 aromatic carbocycles. The van der Waals surface area contributed by atoms with Gasteiger partial charge in [-0.15, -0.1) is 0 Å². The molecule has 0 saturated heterocycles. The van der Waals surface area contributed by atoms with E-state index in [2.05, 4.69) is 15.0 Å². The van der Waals surface area contributed by atoms with Crippen LogP contribution in [0.4, 0.5) is 5.82 Å². The highest BCUT2D eigenvalue weighted by Gasteiger charge is 2.10. The Morgan fingerprint density at radius 1 is 1.18 bits per heavy atom. The summed E-state index contributed by atoms with van der Waals surface area (Å²) >= 11 is 11.8. The summed E-state index contributed by atoms with van der Waals surface area (Å²) in [5.74, 6) is 0.210. The van der Waals surface area contributed by atoms with E-state index < -0.39 is 0 Å². The number of aromatic nitrogens is 3. The second-order valence-electron chi connectivity index (χ2n) is 3.14. The van der Waals surface area contributed by atoms with E-state index in [-0.39, 0.29) is 11.8 Å². The Morgan fingerprint density at radius 3 is 2.41 bits per heavy atom. The number of halogens is 2. The van der Waals surface area contributed by atoms with Gasteiger partial charge in [0.25, 0.3) is 0 Å². The largest absolute Gasteiger partial charge is 0.467 e. The van der Waals surface area contributed by atoms with Gasteiger partial charge in [0.1, 0.15) is 5.82 Å². The molecule has 5 nitrogen and oxygen atoms in total. The van der Waals surface area contributed by atoms with E-state index in [0.717, 1.165) is 0 Å². The fourth-order valence-electron chi connectivity index (χ4n) is 1.23. The molecule has 0 bridgehead atoms. The lowest BCUT2D eigenvalue weighted by atomic mass is 10.2. The zero-order valence-corrected chi connectivity index (χ0v) is 10.3. The van der Waals surface area contributed by atoms with Crippen LogP contribution in [0.3, 0.4) is 0 Å². The number of nitrogen functional groups attached to an aromatic ring is 1. The molecule has 0 unspecified atom stereocenters. The normalized spacial score (nSPS) is 10.3. The van der Waals surface area contributed by atoms with Crippen LogP contribution in [-0.2, 0) is 0 Å². The van der Waals surface area contributed by atoms with Crippen LogP contribution in [0.5, 0.6) is 6.01 Å². The molecule has 0 amide bonds. The predicted octanol–water partition coefficient (Wildman–Crippen LogP) is 2.44. The van der Waals surface area contributed by atoms with Crippen LogP contribution in [0.2, 0.25) is 10.0 Å². The third-order valence-electron chi connectivity index (χ3n) is 2.04. The first-order valence-corrected chi connectivity index (χ1v) is 5.35. The van der Waals surface area contributed by atoms with Gasteiger partial charge in [0.2, 0.25) is 0 Å². The fourth-order valence-corrected chi connectivity index (χ4v) is 1.69. The Labute approximate surface area is 108 Å². The minimum atomic E-state index is 0.210. The Balaban J connectivity index is 2.48. The monoisotopic (exact) mass is 270 g/mol. The van der Waals surface area contributed by atoms with E-state index in [0.29, 0.717) is 21.3 Å². The average Bonchev–Trinajstić information content (AvgIpc) is 2.34. The molecule has 0 aliphatic rings. The van der Waals surface area contributed by atoms with Crippen molar-refractivity contribution in [1.29, 1.82) is 0 Å². The molecular weight excluding hydrogens is 263 g/mol. The van der Waals surface area contributed by atoms with Crippen molar-refractivity contribution in [2.24, 2.45) is 0 Å². The Morgan fingerprint density at radius 2 is 1.82 bits per heavy atom. The van der Waals surface area contributed by atoms with Crippen LogP contribution in [0, 0.1) is 0 Å². The Kier molecular flexibility index (Phi) is 3.31. The van der Waals surface area contributed by atoms with Crippen molar-refractivity contribution in [1.82, 2.24) is 15.0 Å². The van der Waals surface area contributed by atoms with Gasteiger partial charge in [-0.1, -0.05) is 23.2 Å². The first-order valence-electron chi connectivity index (χ1n) is 4.59. The lowest BCUT2D eigenvalue weighted by Gasteiger charge is -2.06. The minimum Gasteiger partial charge on any atom is -0.467 e. The summed E-state index contributed by atoms with van der Waals surface area (Å²) in [5.41, 5.74) is 6.74. The maximum Gasteiger partial charge on any atom is 0.316 e. The molecule has 0 fully saturated rings. The van der Waals surface area contributed by atoms with Crippen molar-refractivity contribution >= 4 is 29.0 Å². The first kappa shape index (κ1) is 11.9. The number of pyridine rings is 1. The van der Waals surface area contributed by atoms with Gasteiger partial charge < -0.3 is 10.5 Å². The van der Waals surface area contributed by atoms with Crippen molar-refractivity contribution in [3.8, 4) is 17.3 Å². The molecule has 0 radical (unpaired) electrons. The van der Waals surface area contributed by atoms with Gasteiger partial charge in [-0.2, -0.15) is 0 Å². The van der Waals surface area contributed by atoms with Crippen LogP contribution in [-0.4, -0.2) is 22.1 Å². The third kappa shape index (κ3) is 2.40. The lowest BCUT2D eigenvalue weighted by molar-refractivity contribution is 0.380. The van der Waals surface area contributed by atoms with Crippen molar-refractivity contribution in [2.75, 3.05) is 12.8 Å². The van der Waals surface area contributed by atoms with Gasteiger partial charge in [0.15, 0.2) is 0 Å². The van der Waals surface area contributed by atoms with Crippen LogP contribution in [0.15, 0.2) is 18.5 Å². The smallest absolute Gasteiger partial charge is 0.316 e. The van der Waals surface area contributed by atoms with Crippen LogP contribution in [0.25, 0.3) is 11.3 Å². The van der Waals surface area contributed by atoms with Gasteiger partial charge >= 0.3 is 6.01 Å². The predicted molar refractivity (Wildman–Crippen MR) is 66.2 cm³/mol. The minimum absolute atomic E-state index is 0.210. The maximum absolute atomic E-state index is 6.02. The van der Waals surface area contributed by atoms with Crippen molar-refractivity contribution in [3.05, 3.63) is 28.5 Å². The van der Waals surface area contributed by atoms with Crippen molar-refractivity contribution in [3.63, 3.8) is 0 Å². The molecular formula is C10H8Cl2N4O. The van der Waals surface area contributed by atoms with Gasteiger partial charge in [0.05, 0.1) is 22.8 Å². The number of rotatable bonds is 2. The van der Waals surface area contributed by atoms with Gasteiger partial charge in [-0.05, 0) is 6.07 Å². The van der Waals surface area contributed by atoms with Crippen LogP contribution in [0.1, 0.15) is 0 Å². The molecule has 2 aromatic rings. The summed E-state index contributed by atoms with van der Waals surface area (Å²) in [5, 5.41) is 0.700. The second kappa shape index (κ2) is 4.73. The van der Waals surface area contributed by atoms with E-state index in [1.165, 1.54) is 13.2 Å². The number of nitrogens with two attached hydrogens (primary N) is 1. The summed E-state index contributed by atoms with van der Waals surface area (Å²) < 4.78 is 4.86. The Bertz CT molecular complexity index is 545. The molecule has 0 spiro atoms. The summed E-state index contributed by atoms with van der Waals surface area (Å²) in [7, 11) is 1.49. The van der Waals surface area contributed by atoms with Gasteiger partial charge in [0, 0.05) is 18.0 Å². The molecule has 17 heavy (non-hydrogen) atoms. The summed E-state index contributed by atoms with van der Waals surface area (Å²) in [4.78, 5) is 12.0. The second-order valence-corrected chi connectivity index (χ2v) is 3.96. The maximum atomic E-state index is 6.02.